The van der Waals surface area contributed by atoms with Crippen LogP contribution in [-0.4, -0.2) is 34.6 Å². The first-order chi connectivity index (χ1) is 10.2. The Hall–Kier alpha value is -0.450. The molecule has 1 saturated heterocycles. The van der Waals surface area contributed by atoms with E-state index in [1.54, 1.807) is 0 Å². The fraction of sp³-hybridized carbons (Fsp3) is 0.824. The topological polar surface area (TPSA) is 28.2 Å². The highest BCUT2D eigenvalue weighted by Crippen LogP contribution is 2.33. The molecule has 2 fully saturated rings. The Kier molecular flexibility index (Phi) is 4.97. The first kappa shape index (κ1) is 15.4. The average molecular weight is 308 g/mol. The minimum absolute atomic E-state index is 0.398. The van der Waals surface area contributed by atoms with Gasteiger partial charge in [0.25, 0.3) is 0 Å². The maximum Gasteiger partial charge on any atom is 0.107 e. The molecular formula is C17H29N3S. The number of rotatable bonds is 4. The fourth-order valence-corrected chi connectivity index (χ4v) is 4.85. The Balaban J connectivity index is 1.71. The zero-order chi connectivity index (χ0) is 14.7. The Bertz CT molecular complexity index is 451. The largest absolute Gasteiger partial charge is 0.308 e. The Labute approximate surface area is 133 Å². The van der Waals surface area contributed by atoms with Crippen LogP contribution in [0.2, 0.25) is 0 Å². The number of hydrogen-bond acceptors (Lipinski definition) is 4. The van der Waals surface area contributed by atoms with Gasteiger partial charge < -0.3 is 5.32 Å². The molecule has 1 spiro atoms. The zero-order valence-electron chi connectivity index (χ0n) is 13.5. The van der Waals surface area contributed by atoms with E-state index in [-0.39, 0.29) is 0 Å². The third-order valence-electron chi connectivity index (χ3n) is 5.17. The number of hydrogen-bond donors (Lipinski definition) is 1. The lowest BCUT2D eigenvalue weighted by atomic mass is 9.79. The van der Waals surface area contributed by atoms with E-state index < -0.39 is 0 Å². The molecule has 2 aliphatic rings. The molecule has 1 aromatic rings. The fourth-order valence-electron chi connectivity index (χ4n) is 4.05. The van der Waals surface area contributed by atoms with Gasteiger partial charge in [0.05, 0.1) is 6.54 Å². The summed E-state index contributed by atoms with van der Waals surface area (Å²) in [5, 5.41) is 7.41. The van der Waals surface area contributed by atoms with Gasteiger partial charge in [0, 0.05) is 35.7 Å². The van der Waals surface area contributed by atoms with Gasteiger partial charge in [0.2, 0.25) is 0 Å². The first-order valence-electron chi connectivity index (χ1n) is 8.61. The second-order valence-corrected chi connectivity index (χ2v) is 7.89. The van der Waals surface area contributed by atoms with E-state index in [1.165, 1.54) is 62.2 Å². The van der Waals surface area contributed by atoms with Gasteiger partial charge >= 0.3 is 0 Å². The van der Waals surface area contributed by atoms with E-state index in [0.29, 0.717) is 11.6 Å². The molecule has 21 heavy (non-hydrogen) atoms. The zero-order valence-corrected chi connectivity index (χ0v) is 14.3. The summed E-state index contributed by atoms with van der Waals surface area (Å²) in [6, 6.07) is 0.687. The molecule has 1 saturated carbocycles. The van der Waals surface area contributed by atoms with Crippen LogP contribution in [0.4, 0.5) is 0 Å². The minimum atomic E-state index is 0.398. The molecule has 2 heterocycles. The Morgan fingerprint density at radius 1 is 1.38 bits per heavy atom. The summed E-state index contributed by atoms with van der Waals surface area (Å²) < 4.78 is 0. The van der Waals surface area contributed by atoms with Crippen molar-refractivity contribution in [3.8, 4) is 0 Å². The number of aromatic nitrogens is 1. The summed E-state index contributed by atoms with van der Waals surface area (Å²) in [5.74, 6) is 0. The normalized spacial score (nSPS) is 26.3. The molecule has 118 valence electrons. The van der Waals surface area contributed by atoms with Crippen LogP contribution in [0.1, 0.15) is 62.6 Å². The molecule has 1 aromatic heterocycles. The van der Waals surface area contributed by atoms with E-state index in [2.05, 4.69) is 34.4 Å². The number of aryl methyl sites for hydroxylation is 1. The van der Waals surface area contributed by atoms with Crippen molar-refractivity contribution in [1.82, 2.24) is 15.2 Å². The molecule has 3 rings (SSSR count). The molecule has 0 aromatic carbocycles. The standard InChI is InChI=1S/C17H29N3S/c1-3-7-15-10-18-17(8-5-4-6-9-17)13-20(15)11-16-19-14(2)12-21-16/h12,15,18H,3-11,13H2,1-2H3. The average Bonchev–Trinajstić information content (AvgIpc) is 2.88. The van der Waals surface area contributed by atoms with Crippen LogP contribution in [0.5, 0.6) is 0 Å². The molecule has 1 N–H and O–H groups in total. The van der Waals surface area contributed by atoms with Crippen molar-refractivity contribution in [2.75, 3.05) is 13.1 Å². The smallest absolute Gasteiger partial charge is 0.107 e. The molecule has 3 nitrogen and oxygen atoms in total. The van der Waals surface area contributed by atoms with Gasteiger partial charge in [-0.25, -0.2) is 4.98 Å². The molecule has 0 bridgehead atoms. The van der Waals surface area contributed by atoms with Crippen molar-refractivity contribution in [3.05, 3.63) is 16.1 Å². The Morgan fingerprint density at radius 3 is 2.86 bits per heavy atom. The molecule has 1 aliphatic carbocycles. The minimum Gasteiger partial charge on any atom is -0.308 e. The predicted octanol–water partition coefficient (Wildman–Crippen LogP) is 3.73. The van der Waals surface area contributed by atoms with Crippen LogP contribution in [-0.2, 0) is 6.54 Å². The van der Waals surface area contributed by atoms with Crippen molar-refractivity contribution in [3.63, 3.8) is 0 Å². The van der Waals surface area contributed by atoms with Crippen molar-refractivity contribution in [1.29, 1.82) is 0 Å². The highest BCUT2D eigenvalue weighted by molar-refractivity contribution is 7.09. The second-order valence-electron chi connectivity index (χ2n) is 6.95. The summed E-state index contributed by atoms with van der Waals surface area (Å²) in [4.78, 5) is 7.42. The van der Waals surface area contributed by atoms with Crippen molar-refractivity contribution in [2.45, 2.75) is 76.9 Å². The Morgan fingerprint density at radius 2 is 2.19 bits per heavy atom. The lowest BCUT2D eigenvalue weighted by Crippen LogP contribution is -2.64. The van der Waals surface area contributed by atoms with Crippen molar-refractivity contribution in [2.24, 2.45) is 0 Å². The van der Waals surface area contributed by atoms with E-state index in [4.69, 9.17) is 0 Å². The third kappa shape index (κ3) is 3.66. The maximum absolute atomic E-state index is 4.69. The van der Waals surface area contributed by atoms with Crippen LogP contribution >= 0.6 is 11.3 Å². The maximum atomic E-state index is 4.69. The monoisotopic (exact) mass is 307 g/mol. The summed E-state index contributed by atoms with van der Waals surface area (Å²) in [6.07, 6.45) is 9.51. The molecule has 0 amide bonds. The number of piperazine rings is 1. The van der Waals surface area contributed by atoms with Gasteiger partial charge in [-0.15, -0.1) is 11.3 Å². The van der Waals surface area contributed by atoms with Gasteiger partial charge in [0.1, 0.15) is 5.01 Å². The van der Waals surface area contributed by atoms with Crippen LogP contribution in [0.15, 0.2) is 5.38 Å². The van der Waals surface area contributed by atoms with Gasteiger partial charge in [-0.2, -0.15) is 0 Å². The summed E-state index contributed by atoms with van der Waals surface area (Å²) in [5.41, 5.74) is 1.57. The van der Waals surface area contributed by atoms with E-state index in [9.17, 15) is 0 Å². The van der Waals surface area contributed by atoms with E-state index in [1.807, 2.05) is 11.3 Å². The number of nitrogens with zero attached hydrogens (tertiary/aromatic N) is 2. The van der Waals surface area contributed by atoms with E-state index in [0.717, 1.165) is 13.1 Å². The molecule has 1 atom stereocenters. The highest BCUT2D eigenvalue weighted by Gasteiger charge is 2.39. The number of thiazole rings is 1. The third-order valence-corrected chi connectivity index (χ3v) is 6.12. The molecule has 1 aliphatic heterocycles. The predicted molar refractivity (Wildman–Crippen MR) is 89.8 cm³/mol. The van der Waals surface area contributed by atoms with Crippen LogP contribution in [0.25, 0.3) is 0 Å². The quantitative estimate of drug-likeness (QED) is 0.918. The first-order valence-corrected chi connectivity index (χ1v) is 9.49. The SMILES string of the molecule is CCCC1CNC2(CCCCC2)CN1Cc1nc(C)cs1. The molecular weight excluding hydrogens is 278 g/mol. The van der Waals surface area contributed by atoms with Crippen LogP contribution < -0.4 is 5.32 Å². The van der Waals surface area contributed by atoms with Crippen molar-refractivity contribution < 1.29 is 0 Å². The lowest BCUT2D eigenvalue weighted by molar-refractivity contribution is 0.0461. The van der Waals surface area contributed by atoms with Gasteiger partial charge in [-0.3, -0.25) is 4.90 Å². The second kappa shape index (κ2) is 6.76. The van der Waals surface area contributed by atoms with Crippen molar-refractivity contribution >= 4 is 11.3 Å². The van der Waals surface area contributed by atoms with Gasteiger partial charge in [-0.1, -0.05) is 32.6 Å². The molecule has 1 unspecified atom stereocenters. The summed E-state index contributed by atoms with van der Waals surface area (Å²) >= 11 is 1.83. The van der Waals surface area contributed by atoms with Crippen LogP contribution in [0, 0.1) is 6.92 Å². The van der Waals surface area contributed by atoms with Crippen LogP contribution in [0.3, 0.4) is 0 Å². The lowest BCUT2D eigenvalue weighted by Gasteiger charge is -2.49. The highest BCUT2D eigenvalue weighted by atomic mass is 32.1. The molecule has 0 radical (unpaired) electrons. The van der Waals surface area contributed by atoms with Gasteiger partial charge in [-0.05, 0) is 26.2 Å². The van der Waals surface area contributed by atoms with Gasteiger partial charge in [0.15, 0.2) is 0 Å². The number of nitrogens with one attached hydrogen (secondary N) is 1. The molecule has 4 heteroatoms. The summed E-state index contributed by atoms with van der Waals surface area (Å²) in [7, 11) is 0. The summed E-state index contributed by atoms with van der Waals surface area (Å²) in [6.45, 7) is 7.84. The van der Waals surface area contributed by atoms with E-state index >= 15 is 0 Å².